The van der Waals surface area contributed by atoms with E-state index in [1.54, 1.807) is 0 Å². The number of H-pyrrole nitrogens is 2. The smallest absolute Gasteiger partial charge is 0.225 e. The molecule has 26 heavy (non-hydrogen) atoms. The van der Waals surface area contributed by atoms with Gasteiger partial charge < -0.3 is 15.2 Å². The van der Waals surface area contributed by atoms with Crippen molar-refractivity contribution in [2.24, 2.45) is 0 Å². The fourth-order valence-corrected chi connectivity index (χ4v) is 3.67. The van der Waals surface area contributed by atoms with E-state index < -0.39 is 0 Å². The standard InChI is InChI=1S/C20H25N5O/c26-20(9-6-12-25-10-4-1-5-11-25)22-19-13-18(23-24-19)16-14-21-17-8-3-2-7-15(16)17/h2-3,7-8,13-14,21H,1,4-6,9-12H2,(H2,22,23,24,26). The van der Waals surface area contributed by atoms with E-state index in [-0.39, 0.29) is 5.91 Å². The van der Waals surface area contributed by atoms with Gasteiger partial charge in [0.15, 0.2) is 5.82 Å². The summed E-state index contributed by atoms with van der Waals surface area (Å²) in [4.78, 5) is 17.9. The average Bonchev–Trinajstić information content (AvgIpc) is 3.29. The van der Waals surface area contributed by atoms with Crippen molar-refractivity contribution in [1.82, 2.24) is 20.1 Å². The first-order valence-corrected chi connectivity index (χ1v) is 9.44. The second kappa shape index (κ2) is 7.74. The summed E-state index contributed by atoms with van der Waals surface area (Å²) in [5.74, 6) is 0.604. The van der Waals surface area contributed by atoms with Gasteiger partial charge in [0.25, 0.3) is 0 Å². The predicted octanol–water partition coefficient (Wildman–Crippen LogP) is 3.76. The molecule has 6 heteroatoms. The van der Waals surface area contributed by atoms with E-state index in [1.807, 2.05) is 30.5 Å². The Morgan fingerprint density at radius 3 is 2.92 bits per heavy atom. The zero-order valence-corrected chi connectivity index (χ0v) is 14.9. The molecule has 3 heterocycles. The first kappa shape index (κ1) is 16.8. The number of rotatable bonds is 6. The molecule has 1 aromatic carbocycles. The maximum atomic E-state index is 12.2. The van der Waals surface area contributed by atoms with Gasteiger partial charge in [0, 0.05) is 35.2 Å². The molecular formula is C20H25N5O. The average molecular weight is 351 g/mol. The second-order valence-electron chi connectivity index (χ2n) is 6.97. The molecule has 0 radical (unpaired) electrons. The van der Waals surface area contributed by atoms with Crippen molar-refractivity contribution in [3.05, 3.63) is 36.5 Å². The summed E-state index contributed by atoms with van der Waals surface area (Å²) in [5.41, 5.74) is 3.03. The molecule has 0 atom stereocenters. The van der Waals surface area contributed by atoms with Gasteiger partial charge in [0.2, 0.25) is 5.91 Å². The van der Waals surface area contributed by atoms with Crippen molar-refractivity contribution in [3.8, 4) is 11.3 Å². The highest BCUT2D eigenvalue weighted by atomic mass is 16.1. The molecule has 3 N–H and O–H groups in total. The third kappa shape index (κ3) is 3.80. The van der Waals surface area contributed by atoms with E-state index in [2.05, 4.69) is 31.5 Å². The van der Waals surface area contributed by atoms with Gasteiger partial charge in [0.05, 0.1) is 5.69 Å². The Labute approximate surface area is 153 Å². The van der Waals surface area contributed by atoms with Crippen molar-refractivity contribution in [3.63, 3.8) is 0 Å². The Bertz CT molecular complexity index is 875. The highest BCUT2D eigenvalue weighted by Gasteiger charge is 2.12. The summed E-state index contributed by atoms with van der Waals surface area (Å²) in [6.07, 6.45) is 7.31. The van der Waals surface area contributed by atoms with Gasteiger partial charge in [-0.3, -0.25) is 9.89 Å². The number of aromatic amines is 2. The molecular weight excluding hydrogens is 326 g/mol. The van der Waals surface area contributed by atoms with Crippen molar-refractivity contribution < 1.29 is 4.79 Å². The van der Waals surface area contributed by atoms with Crippen LogP contribution in [-0.4, -0.2) is 45.6 Å². The quantitative estimate of drug-likeness (QED) is 0.633. The maximum Gasteiger partial charge on any atom is 0.225 e. The lowest BCUT2D eigenvalue weighted by Gasteiger charge is -2.26. The second-order valence-corrected chi connectivity index (χ2v) is 6.97. The number of likely N-dealkylation sites (tertiary alicyclic amines) is 1. The van der Waals surface area contributed by atoms with Crippen LogP contribution in [0, 0.1) is 0 Å². The molecule has 1 saturated heterocycles. The Morgan fingerprint density at radius 2 is 2.04 bits per heavy atom. The summed E-state index contributed by atoms with van der Waals surface area (Å²) in [7, 11) is 0. The summed E-state index contributed by atoms with van der Waals surface area (Å²) in [6.45, 7) is 3.36. The minimum atomic E-state index is 0.0268. The SMILES string of the molecule is O=C(CCCN1CCCCC1)Nc1cc(-c2c[nH]c3ccccc23)[nH]n1. The van der Waals surface area contributed by atoms with Crippen molar-refractivity contribution in [1.29, 1.82) is 0 Å². The molecule has 0 bridgehead atoms. The molecule has 0 spiro atoms. The number of nitrogens with one attached hydrogen (secondary N) is 3. The van der Waals surface area contributed by atoms with Crippen LogP contribution in [0.3, 0.4) is 0 Å². The highest BCUT2D eigenvalue weighted by Crippen LogP contribution is 2.28. The van der Waals surface area contributed by atoms with Gasteiger partial charge in [-0.15, -0.1) is 0 Å². The zero-order chi connectivity index (χ0) is 17.8. The summed E-state index contributed by atoms with van der Waals surface area (Å²) >= 11 is 0. The lowest BCUT2D eigenvalue weighted by molar-refractivity contribution is -0.116. The van der Waals surface area contributed by atoms with E-state index in [0.717, 1.165) is 35.1 Å². The van der Waals surface area contributed by atoms with Crippen LogP contribution in [0.4, 0.5) is 5.82 Å². The number of carbonyl (C=O) groups excluding carboxylic acids is 1. The molecule has 6 nitrogen and oxygen atoms in total. The van der Waals surface area contributed by atoms with Gasteiger partial charge >= 0.3 is 0 Å². The van der Waals surface area contributed by atoms with Gasteiger partial charge in [0.1, 0.15) is 0 Å². The monoisotopic (exact) mass is 351 g/mol. The molecule has 0 unspecified atom stereocenters. The van der Waals surface area contributed by atoms with E-state index >= 15 is 0 Å². The number of hydrogen-bond acceptors (Lipinski definition) is 3. The first-order chi connectivity index (χ1) is 12.8. The van der Waals surface area contributed by atoms with E-state index in [4.69, 9.17) is 0 Å². The topological polar surface area (TPSA) is 76.8 Å². The number of aromatic nitrogens is 3. The van der Waals surface area contributed by atoms with E-state index in [0.29, 0.717) is 12.2 Å². The lowest BCUT2D eigenvalue weighted by Crippen LogP contribution is -2.31. The Kier molecular flexibility index (Phi) is 5.02. The minimum Gasteiger partial charge on any atom is -0.360 e. The number of benzene rings is 1. The third-order valence-electron chi connectivity index (χ3n) is 5.05. The van der Waals surface area contributed by atoms with E-state index in [1.165, 1.54) is 32.4 Å². The minimum absolute atomic E-state index is 0.0268. The number of amides is 1. The number of fused-ring (bicyclic) bond motifs is 1. The van der Waals surface area contributed by atoms with E-state index in [9.17, 15) is 4.79 Å². The third-order valence-corrected chi connectivity index (χ3v) is 5.05. The molecule has 1 aliphatic heterocycles. The molecule has 0 saturated carbocycles. The molecule has 2 aromatic heterocycles. The molecule has 1 aliphatic rings. The number of para-hydroxylation sites is 1. The van der Waals surface area contributed by atoms with Gasteiger partial charge in [-0.1, -0.05) is 24.6 Å². The summed E-state index contributed by atoms with van der Waals surface area (Å²) in [6, 6.07) is 10.0. The van der Waals surface area contributed by atoms with Crippen LogP contribution in [0.15, 0.2) is 36.5 Å². The Balaban J connectivity index is 1.32. The molecule has 136 valence electrons. The molecule has 3 aromatic rings. The van der Waals surface area contributed by atoms with Crippen LogP contribution in [0.2, 0.25) is 0 Å². The Hall–Kier alpha value is -2.60. The van der Waals surface area contributed by atoms with Gasteiger partial charge in [-0.25, -0.2) is 0 Å². The predicted molar refractivity (Wildman–Crippen MR) is 104 cm³/mol. The van der Waals surface area contributed by atoms with Crippen molar-refractivity contribution in [2.45, 2.75) is 32.1 Å². The summed E-state index contributed by atoms with van der Waals surface area (Å²) < 4.78 is 0. The Morgan fingerprint density at radius 1 is 1.19 bits per heavy atom. The fraction of sp³-hybridized carbons (Fsp3) is 0.400. The number of piperidine rings is 1. The molecule has 0 aliphatic carbocycles. The maximum absolute atomic E-state index is 12.2. The number of anilines is 1. The highest BCUT2D eigenvalue weighted by molar-refractivity contribution is 5.96. The summed E-state index contributed by atoms with van der Waals surface area (Å²) in [5, 5.41) is 11.3. The van der Waals surface area contributed by atoms with Crippen LogP contribution in [-0.2, 0) is 4.79 Å². The van der Waals surface area contributed by atoms with Crippen LogP contribution in [0.1, 0.15) is 32.1 Å². The van der Waals surface area contributed by atoms with Crippen LogP contribution >= 0.6 is 0 Å². The molecule has 1 fully saturated rings. The van der Waals surface area contributed by atoms with Crippen LogP contribution in [0.5, 0.6) is 0 Å². The van der Waals surface area contributed by atoms with Crippen molar-refractivity contribution >= 4 is 22.6 Å². The number of carbonyl (C=O) groups is 1. The normalized spacial score (nSPS) is 15.4. The number of nitrogens with zero attached hydrogens (tertiary/aromatic N) is 2. The van der Waals surface area contributed by atoms with Crippen LogP contribution in [0.25, 0.3) is 22.2 Å². The fourth-order valence-electron chi connectivity index (χ4n) is 3.67. The van der Waals surface area contributed by atoms with Gasteiger partial charge in [-0.05, 0) is 45.0 Å². The van der Waals surface area contributed by atoms with Crippen molar-refractivity contribution in [2.75, 3.05) is 25.0 Å². The largest absolute Gasteiger partial charge is 0.360 e. The number of hydrogen-bond donors (Lipinski definition) is 3. The molecule has 4 rings (SSSR count). The zero-order valence-electron chi connectivity index (χ0n) is 14.9. The van der Waals surface area contributed by atoms with Crippen LogP contribution < -0.4 is 5.32 Å². The lowest BCUT2D eigenvalue weighted by atomic mass is 10.1. The van der Waals surface area contributed by atoms with Gasteiger partial charge in [-0.2, -0.15) is 5.10 Å². The first-order valence-electron chi connectivity index (χ1n) is 9.44. The molecule has 1 amide bonds.